The van der Waals surface area contributed by atoms with E-state index in [2.05, 4.69) is 20.5 Å². The van der Waals surface area contributed by atoms with Gasteiger partial charge in [-0.3, -0.25) is 4.79 Å². The zero-order valence-corrected chi connectivity index (χ0v) is 15.2. The molecule has 4 rings (SSSR count). The lowest BCUT2D eigenvalue weighted by molar-refractivity contribution is -0.132. The molecule has 0 unspecified atom stereocenters. The van der Waals surface area contributed by atoms with Crippen molar-refractivity contribution >= 4 is 50.5 Å². The number of aromatic nitrogens is 3. The van der Waals surface area contributed by atoms with Crippen LogP contribution in [0.25, 0.3) is 20.5 Å². The molecule has 0 bridgehead atoms. The van der Waals surface area contributed by atoms with E-state index in [-0.39, 0.29) is 5.88 Å². The largest absolute Gasteiger partial charge is 0.404 e. The lowest BCUT2D eigenvalue weighted by atomic mass is 10.2. The maximum absolute atomic E-state index is 11.4. The second kappa shape index (κ2) is 6.78. The summed E-state index contributed by atoms with van der Waals surface area (Å²) in [7, 11) is 0. The van der Waals surface area contributed by atoms with Crippen LogP contribution in [0.4, 0.5) is 11.5 Å². The maximum atomic E-state index is 11.4. The lowest BCUT2D eigenvalue weighted by Crippen LogP contribution is -2.05. The van der Waals surface area contributed by atoms with Crippen molar-refractivity contribution in [1.29, 1.82) is 0 Å². The Morgan fingerprint density at radius 1 is 1.23 bits per heavy atom. The molecule has 0 radical (unpaired) electrons. The summed E-state index contributed by atoms with van der Waals surface area (Å²) in [6.07, 6.45) is 3.63. The SMILES string of the molecule is CC(=O)Oc1nnc(Nc2cc[nH]c2)c2cc(-c3ccc(Cl)cc3)sc12. The zero-order chi connectivity index (χ0) is 18.1. The van der Waals surface area contributed by atoms with Crippen molar-refractivity contribution in [3.63, 3.8) is 0 Å². The van der Waals surface area contributed by atoms with Gasteiger partial charge >= 0.3 is 5.97 Å². The average molecular weight is 385 g/mol. The number of thiophene rings is 1. The molecule has 3 aromatic heterocycles. The first-order valence-electron chi connectivity index (χ1n) is 7.74. The Hall–Kier alpha value is -2.90. The van der Waals surface area contributed by atoms with Gasteiger partial charge in [-0.2, -0.15) is 0 Å². The number of nitrogens with zero attached hydrogens (tertiary/aromatic N) is 2. The number of ether oxygens (including phenoxy) is 1. The third kappa shape index (κ3) is 3.26. The standard InChI is InChI=1S/C18H13ClN4O2S/c1-10(24)25-18-16-14(17(22-23-18)21-13-6-7-20-9-13)8-15(26-16)11-2-4-12(19)5-3-11/h2-9,20H,1H3,(H,21,22). The van der Waals surface area contributed by atoms with Crippen LogP contribution in [0, 0.1) is 0 Å². The molecule has 8 heteroatoms. The van der Waals surface area contributed by atoms with E-state index in [1.165, 1.54) is 18.3 Å². The van der Waals surface area contributed by atoms with E-state index in [0.717, 1.165) is 26.2 Å². The molecular weight excluding hydrogens is 372 g/mol. The van der Waals surface area contributed by atoms with Gasteiger partial charge in [-0.15, -0.1) is 21.5 Å². The Bertz CT molecular complexity index is 1070. The third-order valence-corrected chi connectivity index (χ3v) is 5.08. The summed E-state index contributed by atoms with van der Waals surface area (Å²) in [5.41, 5.74) is 1.87. The van der Waals surface area contributed by atoms with Gasteiger partial charge in [0.2, 0.25) is 0 Å². The fourth-order valence-electron chi connectivity index (χ4n) is 2.51. The highest BCUT2D eigenvalue weighted by atomic mass is 35.5. The minimum Gasteiger partial charge on any atom is -0.404 e. The van der Waals surface area contributed by atoms with E-state index in [1.807, 2.05) is 48.8 Å². The molecule has 0 amide bonds. The number of rotatable bonds is 4. The molecule has 0 aliphatic heterocycles. The molecule has 1 aromatic carbocycles. The van der Waals surface area contributed by atoms with Gasteiger partial charge in [-0.05, 0) is 29.8 Å². The predicted octanol–water partition coefficient (Wildman–Crippen LogP) is 5.01. The number of anilines is 2. The van der Waals surface area contributed by atoms with Crippen molar-refractivity contribution in [3.8, 4) is 16.3 Å². The van der Waals surface area contributed by atoms with Crippen LogP contribution in [0.3, 0.4) is 0 Å². The molecule has 0 saturated heterocycles. The lowest BCUT2D eigenvalue weighted by Gasteiger charge is -2.06. The van der Waals surface area contributed by atoms with Gasteiger partial charge in [0.15, 0.2) is 5.82 Å². The van der Waals surface area contributed by atoms with Gasteiger partial charge in [0.1, 0.15) is 4.70 Å². The Morgan fingerprint density at radius 2 is 2.04 bits per heavy atom. The second-order valence-electron chi connectivity index (χ2n) is 5.53. The van der Waals surface area contributed by atoms with Crippen LogP contribution in [0.5, 0.6) is 5.88 Å². The number of benzene rings is 1. The Balaban J connectivity index is 1.85. The summed E-state index contributed by atoms with van der Waals surface area (Å²) in [6, 6.07) is 11.4. The van der Waals surface area contributed by atoms with E-state index in [0.29, 0.717) is 10.8 Å². The highest BCUT2D eigenvalue weighted by molar-refractivity contribution is 7.22. The number of esters is 1. The second-order valence-corrected chi connectivity index (χ2v) is 7.02. The molecule has 0 spiro atoms. The van der Waals surface area contributed by atoms with Crippen molar-refractivity contribution in [3.05, 3.63) is 53.8 Å². The molecule has 130 valence electrons. The first kappa shape index (κ1) is 16.6. The van der Waals surface area contributed by atoms with E-state index in [1.54, 1.807) is 0 Å². The molecule has 0 atom stereocenters. The third-order valence-electron chi connectivity index (χ3n) is 3.65. The Morgan fingerprint density at radius 3 is 2.73 bits per heavy atom. The van der Waals surface area contributed by atoms with Crippen LogP contribution in [-0.2, 0) is 4.79 Å². The molecule has 0 saturated carbocycles. The summed E-state index contributed by atoms with van der Waals surface area (Å²) in [4.78, 5) is 15.4. The molecular formula is C18H13ClN4O2S. The number of hydrogen-bond acceptors (Lipinski definition) is 6. The van der Waals surface area contributed by atoms with E-state index < -0.39 is 5.97 Å². The van der Waals surface area contributed by atoms with Crippen LogP contribution >= 0.6 is 22.9 Å². The number of fused-ring (bicyclic) bond motifs is 1. The number of H-pyrrole nitrogens is 1. The fraction of sp³-hybridized carbons (Fsp3) is 0.0556. The predicted molar refractivity (Wildman–Crippen MR) is 103 cm³/mol. The number of carbonyl (C=O) groups is 1. The monoisotopic (exact) mass is 384 g/mol. The molecule has 2 N–H and O–H groups in total. The minimum absolute atomic E-state index is 0.206. The Labute approximate surface area is 157 Å². The summed E-state index contributed by atoms with van der Waals surface area (Å²) in [5, 5.41) is 13.0. The van der Waals surface area contributed by atoms with Crippen molar-refractivity contribution in [2.75, 3.05) is 5.32 Å². The normalized spacial score (nSPS) is 10.8. The van der Waals surface area contributed by atoms with Gasteiger partial charge in [0.25, 0.3) is 5.88 Å². The quantitative estimate of drug-likeness (QED) is 0.483. The molecule has 0 aliphatic rings. The van der Waals surface area contributed by atoms with Gasteiger partial charge in [-0.1, -0.05) is 23.7 Å². The highest BCUT2D eigenvalue weighted by Crippen LogP contribution is 2.40. The first-order valence-corrected chi connectivity index (χ1v) is 8.94. The minimum atomic E-state index is -0.437. The van der Waals surface area contributed by atoms with E-state index >= 15 is 0 Å². The van der Waals surface area contributed by atoms with Crippen LogP contribution < -0.4 is 10.1 Å². The topological polar surface area (TPSA) is 79.9 Å². The number of nitrogens with one attached hydrogen (secondary N) is 2. The van der Waals surface area contributed by atoms with Gasteiger partial charge in [-0.25, -0.2) is 0 Å². The van der Waals surface area contributed by atoms with Crippen molar-refractivity contribution in [2.45, 2.75) is 6.92 Å². The highest BCUT2D eigenvalue weighted by Gasteiger charge is 2.17. The van der Waals surface area contributed by atoms with E-state index in [4.69, 9.17) is 16.3 Å². The van der Waals surface area contributed by atoms with Crippen LogP contribution in [0.15, 0.2) is 48.8 Å². The van der Waals surface area contributed by atoms with Crippen LogP contribution in [0.1, 0.15) is 6.92 Å². The molecule has 4 aromatic rings. The van der Waals surface area contributed by atoms with Crippen molar-refractivity contribution in [2.24, 2.45) is 0 Å². The Kier molecular flexibility index (Phi) is 4.32. The number of hydrogen-bond donors (Lipinski definition) is 2. The fourth-order valence-corrected chi connectivity index (χ4v) is 3.72. The van der Waals surface area contributed by atoms with Gasteiger partial charge in [0, 0.05) is 34.6 Å². The summed E-state index contributed by atoms with van der Waals surface area (Å²) >= 11 is 7.46. The van der Waals surface area contributed by atoms with Crippen LogP contribution in [0.2, 0.25) is 5.02 Å². The smallest absolute Gasteiger partial charge is 0.309 e. The molecule has 0 aliphatic carbocycles. The molecule has 6 nitrogen and oxygen atoms in total. The number of aromatic amines is 1. The number of carbonyl (C=O) groups excluding carboxylic acids is 1. The molecule has 26 heavy (non-hydrogen) atoms. The summed E-state index contributed by atoms with van der Waals surface area (Å²) in [5.74, 6) is 0.359. The van der Waals surface area contributed by atoms with E-state index in [9.17, 15) is 4.79 Å². The summed E-state index contributed by atoms with van der Waals surface area (Å²) < 4.78 is 5.98. The van der Waals surface area contributed by atoms with Crippen molar-refractivity contribution in [1.82, 2.24) is 15.2 Å². The summed E-state index contributed by atoms with van der Waals surface area (Å²) in [6.45, 7) is 1.34. The van der Waals surface area contributed by atoms with Gasteiger partial charge < -0.3 is 15.0 Å². The van der Waals surface area contributed by atoms with Gasteiger partial charge in [0.05, 0.1) is 5.69 Å². The molecule has 0 fully saturated rings. The maximum Gasteiger partial charge on any atom is 0.309 e. The zero-order valence-electron chi connectivity index (χ0n) is 13.6. The number of halogens is 1. The first-order chi connectivity index (χ1) is 12.6. The molecule has 3 heterocycles. The average Bonchev–Trinajstić information content (AvgIpc) is 3.27. The van der Waals surface area contributed by atoms with Crippen LogP contribution in [-0.4, -0.2) is 21.2 Å². The van der Waals surface area contributed by atoms with Crippen molar-refractivity contribution < 1.29 is 9.53 Å².